The fourth-order valence-corrected chi connectivity index (χ4v) is 1.71. The Morgan fingerprint density at radius 2 is 2.04 bits per heavy atom. The Hall–Kier alpha value is -3.68. The molecule has 0 aliphatic heterocycles. The summed E-state index contributed by atoms with van der Waals surface area (Å²) in [5, 5.41) is 14.1. The van der Waals surface area contributed by atoms with Gasteiger partial charge in [0, 0.05) is 6.21 Å². The van der Waals surface area contributed by atoms with E-state index in [1.807, 2.05) is 36.4 Å². The predicted octanol–water partition coefficient (Wildman–Crippen LogP) is 3.63. The van der Waals surface area contributed by atoms with E-state index in [0.29, 0.717) is 5.76 Å². The third-order valence-electron chi connectivity index (χ3n) is 2.79. The lowest BCUT2D eigenvalue weighted by atomic mass is 10.2. The standard InChI is InChI=1S/C17H15N3O5/c21-17(24-13-5-8-14-6-2-1-3-7-14)19-18-12-4-9-15-10-11-16(25-15)20(22)23/h1-12H,13H2,(H,19,21)/b8-5+,9-4+,18-12+. The highest BCUT2D eigenvalue weighted by Crippen LogP contribution is 2.16. The number of nitro groups is 1. The van der Waals surface area contributed by atoms with Gasteiger partial charge in [-0.25, -0.2) is 10.2 Å². The van der Waals surface area contributed by atoms with Gasteiger partial charge in [-0.05, 0) is 29.9 Å². The molecule has 128 valence electrons. The minimum atomic E-state index is -0.698. The molecule has 0 fully saturated rings. The van der Waals surface area contributed by atoms with Gasteiger partial charge >= 0.3 is 12.0 Å². The third kappa shape index (κ3) is 6.53. The van der Waals surface area contributed by atoms with Crippen molar-refractivity contribution in [1.82, 2.24) is 5.43 Å². The molecule has 2 rings (SSSR count). The average molecular weight is 341 g/mol. The lowest BCUT2D eigenvalue weighted by molar-refractivity contribution is -0.402. The highest BCUT2D eigenvalue weighted by Gasteiger charge is 2.09. The summed E-state index contributed by atoms with van der Waals surface area (Å²) in [6.45, 7) is 0.113. The zero-order valence-electron chi connectivity index (χ0n) is 13.1. The van der Waals surface area contributed by atoms with Gasteiger partial charge in [-0.15, -0.1) is 0 Å². The maximum absolute atomic E-state index is 11.4. The van der Waals surface area contributed by atoms with Gasteiger partial charge in [0.05, 0.1) is 6.07 Å². The van der Waals surface area contributed by atoms with Crippen LogP contribution < -0.4 is 5.43 Å². The quantitative estimate of drug-likeness (QED) is 0.470. The topological polar surface area (TPSA) is 107 Å². The van der Waals surface area contributed by atoms with Gasteiger partial charge < -0.3 is 9.15 Å². The van der Waals surface area contributed by atoms with Gasteiger partial charge in [0.2, 0.25) is 0 Å². The maximum Gasteiger partial charge on any atom is 0.433 e. The van der Waals surface area contributed by atoms with Crippen LogP contribution in [0.25, 0.3) is 12.2 Å². The summed E-state index contributed by atoms with van der Waals surface area (Å²) in [6, 6.07) is 12.3. The molecule has 0 unspecified atom stereocenters. The second kappa shape index (κ2) is 9.46. The molecule has 0 spiro atoms. The van der Waals surface area contributed by atoms with Crippen molar-refractivity contribution in [1.29, 1.82) is 0 Å². The van der Waals surface area contributed by atoms with Crippen molar-refractivity contribution < 1.29 is 18.9 Å². The number of hydrogen-bond donors (Lipinski definition) is 1. The second-order valence-electron chi connectivity index (χ2n) is 4.59. The van der Waals surface area contributed by atoms with Crippen molar-refractivity contribution >= 4 is 30.3 Å². The number of ether oxygens (including phenoxy) is 1. The normalized spacial score (nSPS) is 11.4. The Morgan fingerprint density at radius 3 is 2.76 bits per heavy atom. The first-order chi connectivity index (χ1) is 12.1. The van der Waals surface area contributed by atoms with Gasteiger partial charge in [0.25, 0.3) is 0 Å². The number of amides is 1. The number of carbonyl (C=O) groups excluding carboxylic acids is 1. The summed E-state index contributed by atoms with van der Waals surface area (Å²) < 4.78 is 9.80. The van der Waals surface area contributed by atoms with Crippen molar-refractivity contribution in [3.05, 3.63) is 76.1 Å². The van der Waals surface area contributed by atoms with Crippen LogP contribution >= 0.6 is 0 Å². The van der Waals surface area contributed by atoms with E-state index in [0.717, 1.165) is 5.56 Å². The summed E-state index contributed by atoms with van der Waals surface area (Å²) in [5.41, 5.74) is 3.18. The summed E-state index contributed by atoms with van der Waals surface area (Å²) in [5.74, 6) is -0.0476. The van der Waals surface area contributed by atoms with Crippen molar-refractivity contribution in [2.24, 2.45) is 5.10 Å². The van der Waals surface area contributed by atoms with E-state index in [4.69, 9.17) is 9.15 Å². The number of allylic oxidation sites excluding steroid dienone is 1. The lowest BCUT2D eigenvalue weighted by Gasteiger charge is -1.99. The highest BCUT2D eigenvalue weighted by atomic mass is 16.6. The van der Waals surface area contributed by atoms with Crippen LogP contribution in [0.2, 0.25) is 0 Å². The Balaban J connectivity index is 1.67. The summed E-state index contributed by atoms with van der Waals surface area (Å²) >= 11 is 0. The average Bonchev–Trinajstić information content (AvgIpc) is 3.09. The van der Waals surface area contributed by atoms with Crippen molar-refractivity contribution in [2.45, 2.75) is 0 Å². The molecule has 0 saturated carbocycles. The van der Waals surface area contributed by atoms with Crippen LogP contribution in [0.15, 0.2) is 64.1 Å². The molecular formula is C17H15N3O5. The molecule has 8 nitrogen and oxygen atoms in total. The zero-order chi connectivity index (χ0) is 17.9. The maximum atomic E-state index is 11.4. The zero-order valence-corrected chi connectivity index (χ0v) is 13.1. The molecule has 1 heterocycles. The van der Waals surface area contributed by atoms with Gasteiger partial charge in [-0.2, -0.15) is 5.10 Å². The molecule has 0 bridgehead atoms. The first-order valence-electron chi connectivity index (χ1n) is 7.23. The fourth-order valence-electron chi connectivity index (χ4n) is 1.71. The van der Waals surface area contributed by atoms with Crippen LogP contribution in [0.4, 0.5) is 10.7 Å². The smallest absolute Gasteiger partial charge is 0.433 e. The number of furan rings is 1. The monoisotopic (exact) mass is 341 g/mol. The van der Waals surface area contributed by atoms with Crippen LogP contribution in [-0.2, 0) is 4.74 Å². The minimum absolute atomic E-state index is 0.113. The van der Waals surface area contributed by atoms with Crippen LogP contribution in [0.5, 0.6) is 0 Å². The van der Waals surface area contributed by atoms with E-state index in [1.54, 1.807) is 6.08 Å². The van der Waals surface area contributed by atoms with Crippen molar-refractivity contribution in [2.75, 3.05) is 6.61 Å². The van der Waals surface area contributed by atoms with Crippen LogP contribution in [0.3, 0.4) is 0 Å². The van der Waals surface area contributed by atoms with Crippen LogP contribution in [-0.4, -0.2) is 23.8 Å². The SMILES string of the molecule is O=C(N/N=C/C=C/c1ccc([N+](=O)[O-])o1)OC/C=C/c1ccccc1. The number of nitrogens with one attached hydrogen (secondary N) is 1. The van der Waals surface area contributed by atoms with E-state index in [9.17, 15) is 14.9 Å². The minimum Gasteiger partial charge on any atom is -0.444 e. The Kier molecular flexibility index (Phi) is 6.68. The highest BCUT2D eigenvalue weighted by molar-refractivity contribution is 5.79. The van der Waals surface area contributed by atoms with Gasteiger partial charge in [-0.1, -0.05) is 36.4 Å². The molecule has 0 aliphatic rings. The van der Waals surface area contributed by atoms with E-state index in [2.05, 4.69) is 10.5 Å². The van der Waals surface area contributed by atoms with Crippen molar-refractivity contribution in [3.63, 3.8) is 0 Å². The molecular weight excluding hydrogens is 326 g/mol. The fraction of sp³-hybridized carbons (Fsp3) is 0.0588. The largest absolute Gasteiger partial charge is 0.444 e. The number of rotatable bonds is 7. The van der Waals surface area contributed by atoms with E-state index >= 15 is 0 Å². The van der Waals surface area contributed by atoms with Crippen LogP contribution in [0, 0.1) is 10.1 Å². The van der Waals surface area contributed by atoms with E-state index < -0.39 is 11.0 Å². The number of hydrogen-bond acceptors (Lipinski definition) is 6. The van der Waals surface area contributed by atoms with Gasteiger partial charge in [0.1, 0.15) is 17.3 Å². The predicted molar refractivity (Wildman–Crippen MR) is 92.8 cm³/mol. The second-order valence-corrected chi connectivity index (χ2v) is 4.59. The Bertz CT molecular complexity index is 794. The van der Waals surface area contributed by atoms with Crippen LogP contribution in [0.1, 0.15) is 11.3 Å². The molecule has 0 radical (unpaired) electrons. The molecule has 2 aromatic rings. The van der Waals surface area contributed by atoms with Crippen molar-refractivity contribution in [3.8, 4) is 0 Å². The lowest BCUT2D eigenvalue weighted by Crippen LogP contribution is -2.18. The molecule has 0 saturated heterocycles. The first kappa shape index (κ1) is 17.7. The first-order valence-corrected chi connectivity index (χ1v) is 7.23. The Labute approximate surface area is 143 Å². The van der Waals surface area contributed by atoms with Gasteiger partial charge in [0.15, 0.2) is 0 Å². The number of hydrazone groups is 1. The number of carbonyl (C=O) groups is 1. The Morgan fingerprint density at radius 1 is 1.24 bits per heavy atom. The molecule has 8 heteroatoms. The van der Waals surface area contributed by atoms with Gasteiger partial charge in [-0.3, -0.25) is 10.1 Å². The van der Waals surface area contributed by atoms with E-state index in [-0.39, 0.29) is 12.5 Å². The molecule has 0 aliphatic carbocycles. The molecule has 1 aromatic carbocycles. The molecule has 1 amide bonds. The van der Waals surface area contributed by atoms with E-state index in [1.165, 1.54) is 30.5 Å². The number of benzene rings is 1. The molecule has 1 aromatic heterocycles. The summed E-state index contributed by atoms with van der Waals surface area (Å²) in [7, 11) is 0. The molecule has 1 N–H and O–H groups in total. The third-order valence-corrected chi connectivity index (χ3v) is 2.79. The molecule has 25 heavy (non-hydrogen) atoms. The molecule has 0 atom stereocenters. The number of nitrogens with zero attached hydrogens (tertiary/aromatic N) is 2. The summed E-state index contributed by atoms with van der Waals surface area (Å²) in [4.78, 5) is 21.2. The summed E-state index contributed by atoms with van der Waals surface area (Å²) in [6.07, 6.45) is 7.06.